The zero-order valence-corrected chi connectivity index (χ0v) is 9.98. The molecule has 0 amide bonds. The van der Waals surface area contributed by atoms with Crippen molar-refractivity contribution in [2.24, 2.45) is 7.05 Å². The van der Waals surface area contributed by atoms with Crippen LogP contribution in [0.3, 0.4) is 0 Å². The monoisotopic (exact) mass is 231 g/mol. The Bertz CT molecular complexity index is 655. The third-order valence-electron chi connectivity index (χ3n) is 2.80. The molecule has 0 bridgehead atoms. The predicted molar refractivity (Wildman–Crippen MR) is 65.3 cm³/mol. The number of nitrogens with zero attached hydrogens (tertiary/aromatic N) is 1. The van der Waals surface area contributed by atoms with Crippen LogP contribution in [0, 0.1) is 6.92 Å². The lowest BCUT2D eigenvalue weighted by Gasteiger charge is -2.06. The van der Waals surface area contributed by atoms with Gasteiger partial charge in [-0.05, 0) is 30.0 Å². The number of hydrogen-bond acceptors (Lipinski definition) is 3. The molecule has 1 aromatic carbocycles. The number of carbonyl (C=O) groups excluding carboxylic acids is 1. The largest absolute Gasteiger partial charge is 0.465 e. The zero-order chi connectivity index (χ0) is 12.6. The number of methoxy groups -OCH3 is 1. The van der Waals surface area contributed by atoms with E-state index in [1.165, 1.54) is 11.7 Å². The summed E-state index contributed by atoms with van der Waals surface area (Å²) in [7, 11) is 3.01. The lowest BCUT2D eigenvalue weighted by molar-refractivity contribution is 0.0601. The summed E-state index contributed by atoms with van der Waals surface area (Å²) in [4.78, 5) is 23.4. The molecular weight excluding hydrogens is 218 g/mol. The van der Waals surface area contributed by atoms with Crippen molar-refractivity contribution < 1.29 is 9.53 Å². The summed E-state index contributed by atoms with van der Waals surface area (Å²) in [5, 5.41) is 1.40. The Kier molecular flexibility index (Phi) is 2.71. The highest BCUT2D eigenvalue weighted by atomic mass is 16.5. The maximum Gasteiger partial charge on any atom is 0.337 e. The number of carbonyl (C=O) groups is 1. The van der Waals surface area contributed by atoms with Crippen molar-refractivity contribution >= 4 is 16.7 Å². The number of ether oxygens (including phenoxy) is 1. The van der Waals surface area contributed by atoms with E-state index in [0.717, 1.165) is 10.9 Å². The van der Waals surface area contributed by atoms with Crippen molar-refractivity contribution in [3.8, 4) is 0 Å². The second kappa shape index (κ2) is 4.05. The molecule has 17 heavy (non-hydrogen) atoms. The van der Waals surface area contributed by atoms with Gasteiger partial charge in [-0.2, -0.15) is 0 Å². The van der Waals surface area contributed by atoms with E-state index in [1.54, 1.807) is 31.4 Å². The quantitative estimate of drug-likeness (QED) is 0.701. The van der Waals surface area contributed by atoms with Crippen molar-refractivity contribution in [2.75, 3.05) is 7.11 Å². The topological polar surface area (TPSA) is 48.3 Å². The molecule has 1 aromatic heterocycles. The maximum absolute atomic E-state index is 12.0. The molecule has 1 heterocycles. The fourth-order valence-corrected chi connectivity index (χ4v) is 1.92. The molecule has 0 N–H and O–H groups in total. The Hall–Kier alpha value is -2.10. The minimum absolute atomic E-state index is 0.114. The van der Waals surface area contributed by atoms with Gasteiger partial charge in [0.1, 0.15) is 0 Å². The van der Waals surface area contributed by atoms with E-state index in [1.807, 2.05) is 6.92 Å². The Morgan fingerprint density at radius 2 is 2.00 bits per heavy atom. The number of esters is 1. The minimum atomic E-state index is -0.435. The predicted octanol–water partition coefficient (Wildman–Crippen LogP) is 1.63. The van der Waals surface area contributed by atoms with Gasteiger partial charge in [-0.3, -0.25) is 4.79 Å². The highest BCUT2D eigenvalue weighted by Gasteiger charge is 2.09. The van der Waals surface area contributed by atoms with Gasteiger partial charge >= 0.3 is 5.97 Å². The molecule has 2 rings (SSSR count). The molecule has 0 saturated carbocycles. The van der Waals surface area contributed by atoms with Crippen molar-refractivity contribution in [1.29, 1.82) is 0 Å². The van der Waals surface area contributed by atoms with Gasteiger partial charge in [-0.15, -0.1) is 0 Å². The van der Waals surface area contributed by atoms with Crippen molar-refractivity contribution in [3.05, 3.63) is 45.9 Å². The first kappa shape index (κ1) is 11.4. The lowest BCUT2D eigenvalue weighted by atomic mass is 10.1. The SMILES string of the molecule is COC(=O)c1ccc2c(C)cn(C)c(=O)c2c1. The van der Waals surface area contributed by atoms with Gasteiger partial charge in [0, 0.05) is 18.6 Å². The van der Waals surface area contributed by atoms with Gasteiger partial charge in [0.05, 0.1) is 12.7 Å². The van der Waals surface area contributed by atoms with E-state index >= 15 is 0 Å². The van der Waals surface area contributed by atoms with Crippen LogP contribution < -0.4 is 5.56 Å². The normalized spacial score (nSPS) is 10.5. The molecule has 4 nitrogen and oxygen atoms in total. The molecule has 0 radical (unpaired) electrons. The number of benzene rings is 1. The molecule has 0 aliphatic heterocycles. The summed E-state index contributed by atoms with van der Waals surface area (Å²) in [5.74, 6) is -0.435. The summed E-state index contributed by atoms with van der Waals surface area (Å²) < 4.78 is 6.15. The van der Waals surface area contributed by atoms with Crippen LogP contribution in [0.25, 0.3) is 10.8 Å². The van der Waals surface area contributed by atoms with Crippen molar-refractivity contribution in [2.45, 2.75) is 6.92 Å². The first-order valence-electron chi connectivity index (χ1n) is 5.23. The van der Waals surface area contributed by atoms with Crippen LogP contribution in [-0.2, 0) is 11.8 Å². The molecule has 0 aliphatic rings. The van der Waals surface area contributed by atoms with Crippen LogP contribution in [0.4, 0.5) is 0 Å². The van der Waals surface area contributed by atoms with Crippen LogP contribution in [0.1, 0.15) is 15.9 Å². The summed E-state index contributed by atoms with van der Waals surface area (Å²) in [6.07, 6.45) is 1.78. The van der Waals surface area contributed by atoms with Crippen LogP contribution >= 0.6 is 0 Å². The molecule has 2 aromatic rings. The molecule has 0 atom stereocenters. The smallest absolute Gasteiger partial charge is 0.337 e. The van der Waals surface area contributed by atoms with Crippen LogP contribution in [0.5, 0.6) is 0 Å². The molecule has 0 unspecified atom stereocenters. The van der Waals surface area contributed by atoms with Crippen LogP contribution in [0.15, 0.2) is 29.2 Å². The van der Waals surface area contributed by atoms with Gasteiger partial charge in [-0.25, -0.2) is 4.79 Å². The van der Waals surface area contributed by atoms with Crippen LogP contribution in [0.2, 0.25) is 0 Å². The van der Waals surface area contributed by atoms with Gasteiger partial charge < -0.3 is 9.30 Å². The number of aryl methyl sites for hydroxylation is 2. The Labute approximate surface area is 98.4 Å². The Balaban J connectivity index is 2.81. The number of pyridine rings is 1. The van der Waals surface area contributed by atoms with E-state index in [-0.39, 0.29) is 5.56 Å². The molecule has 0 saturated heterocycles. The summed E-state index contributed by atoms with van der Waals surface area (Å²) in [5.41, 5.74) is 1.28. The second-order valence-electron chi connectivity index (χ2n) is 3.98. The van der Waals surface area contributed by atoms with Gasteiger partial charge in [0.15, 0.2) is 0 Å². The standard InChI is InChI=1S/C13H13NO3/c1-8-7-14(2)12(15)11-6-9(13(16)17-3)4-5-10(8)11/h4-7H,1-3H3. The van der Waals surface area contributed by atoms with Gasteiger partial charge in [-0.1, -0.05) is 6.07 Å². The fourth-order valence-electron chi connectivity index (χ4n) is 1.92. The maximum atomic E-state index is 12.0. The van der Waals surface area contributed by atoms with Crippen molar-refractivity contribution in [3.63, 3.8) is 0 Å². The molecule has 0 aliphatic carbocycles. The third kappa shape index (κ3) is 1.82. The number of hydrogen-bond donors (Lipinski definition) is 0. The fraction of sp³-hybridized carbons (Fsp3) is 0.231. The van der Waals surface area contributed by atoms with E-state index in [0.29, 0.717) is 10.9 Å². The summed E-state index contributed by atoms with van der Waals surface area (Å²) in [6.45, 7) is 1.93. The molecule has 0 spiro atoms. The van der Waals surface area contributed by atoms with E-state index < -0.39 is 5.97 Å². The average Bonchev–Trinajstić information content (AvgIpc) is 2.34. The highest BCUT2D eigenvalue weighted by molar-refractivity contribution is 5.95. The average molecular weight is 231 g/mol. The third-order valence-corrected chi connectivity index (χ3v) is 2.80. The second-order valence-corrected chi connectivity index (χ2v) is 3.98. The molecule has 88 valence electrons. The lowest BCUT2D eigenvalue weighted by Crippen LogP contribution is -2.17. The van der Waals surface area contributed by atoms with Gasteiger partial charge in [0.2, 0.25) is 0 Å². The van der Waals surface area contributed by atoms with Crippen LogP contribution in [-0.4, -0.2) is 17.6 Å². The number of fused-ring (bicyclic) bond motifs is 1. The highest BCUT2D eigenvalue weighted by Crippen LogP contribution is 2.16. The van der Waals surface area contributed by atoms with Crippen molar-refractivity contribution in [1.82, 2.24) is 4.57 Å². The molecule has 0 fully saturated rings. The first-order chi connectivity index (χ1) is 8.04. The molecular formula is C13H13NO3. The van der Waals surface area contributed by atoms with E-state index in [2.05, 4.69) is 4.74 Å². The Morgan fingerprint density at radius 1 is 1.29 bits per heavy atom. The summed E-state index contributed by atoms with van der Waals surface area (Å²) in [6, 6.07) is 5.02. The molecule has 4 heteroatoms. The van der Waals surface area contributed by atoms with E-state index in [9.17, 15) is 9.59 Å². The summed E-state index contributed by atoms with van der Waals surface area (Å²) >= 11 is 0. The number of aromatic nitrogens is 1. The minimum Gasteiger partial charge on any atom is -0.465 e. The van der Waals surface area contributed by atoms with E-state index in [4.69, 9.17) is 0 Å². The first-order valence-corrected chi connectivity index (χ1v) is 5.23. The zero-order valence-electron chi connectivity index (χ0n) is 9.98. The van der Waals surface area contributed by atoms with Gasteiger partial charge in [0.25, 0.3) is 5.56 Å². The number of rotatable bonds is 1. The Morgan fingerprint density at radius 3 is 2.65 bits per heavy atom.